The summed E-state index contributed by atoms with van der Waals surface area (Å²) in [6, 6.07) is 22.8. The normalized spacial score (nSPS) is 20.8. The topological polar surface area (TPSA) is 49.9 Å². The average Bonchev–Trinajstić information content (AvgIpc) is 3.78. The SMILES string of the molecule is COc1ccc(C2/C=C\CN(C(=O)C3CC3)C(Cc3ccccc3)C(=O)N2Cc2ccc(F)cc2)cc1. The lowest BCUT2D eigenvalue weighted by Gasteiger charge is -2.39. The second kappa shape index (κ2) is 11.0. The van der Waals surface area contributed by atoms with Crippen LogP contribution in [0, 0.1) is 11.7 Å². The molecule has 0 bridgehead atoms. The monoisotopic (exact) mass is 498 g/mol. The highest BCUT2D eigenvalue weighted by molar-refractivity contribution is 5.90. The van der Waals surface area contributed by atoms with Crippen LogP contribution >= 0.6 is 0 Å². The van der Waals surface area contributed by atoms with Crippen LogP contribution in [0.1, 0.15) is 35.6 Å². The first-order valence-electron chi connectivity index (χ1n) is 12.7. The first kappa shape index (κ1) is 24.8. The fourth-order valence-electron chi connectivity index (χ4n) is 4.89. The number of hydrogen-bond acceptors (Lipinski definition) is 3. The van der Waals surface area contributed by atoms with E-state index in [-0.39, 0.29) is 36.1 Å². The summed E-state index contributed by atoms with van der Waals surface area (Å²) in [4.78, 5) is 31.4. The number of ether oxygens (including phenoxy) is 1. The number of carbonyl (C=O) groups is 2. The molecule has 0 radical (unpaired) electrons. The molecular formula is C31H31FN2O3. The average molecular weight is 499 g/mol. The molecule has 0 saturated heterocycles. The number of methoxy groups -OCH3 is 1. The Bertz CT molecular complexity index is 1250. The van der Waals surface area contributed by atoms with Crippen LogP contribution in [0.3, 0.4) is 0 Å². The number of carbonyl (C=O) groups excluding carboxylic acids is 2. The van der Waals surface area contributed by atoms with Crippen molar-refractivity contribution in [3.63, 3.8) is 0 Å². The van der Waals surface area contributed by atoms with Crippen molar-refractivity contribution in [1.29, 1.82) is 0 Å². The maximum Gasteiger partial charge on any atom is 0.246 e. The largest absolute Gasteiger partial charge is 0.497 e. The smallest absolute Gasteiger partial charge is 0.246 e. The Hall–Kier alpha value is -3.93. The van der Waals surface area contributed by atoms with E-state index in [1.165, 1.54) is 12.1 Å². The molecule has 2 amide bonds. The molecule has 2 unspecified atom stereocenters. The van der Waals surface area contributed by atoms with Crippen molar-refractivity contribution in [3.05, 3.63) is 114 Å². The quantitative estimate of drug-likeness (QED) is 0.414. The number of hydrogen-bond donors (Lipinski definition) is 0. The number of nitrogens with zero attached hydrogens (tertiary/aromatic N) is 2. The van der Waals surface area contributed by atoms with Gasteiger partial charge in [-0.1, -0.05) is 66.7 Å². The summed E-state index contributed by atoms with van der Waals surface area (Å²) in [5.41, 5.74) is 2.76. The lowest BCUT2D eigenvalue weighted by Crippen LogP contribution is -2.54. The van der Waals surface area contributed by atoms with Crippen molar-refractivity contribution < 1.29 is 18.7 Å². The fourth-order valence-corrected chi connectivity index (χ4v) is 4.89. The van der Waals surface area contributed by atoms with Crippen LogP contribution in [0.15, 0.2) is 91.0 Å². The summed E-state index contributed by atoms with van der Waals surface area (Å²) in [7, 11) is 1.62. The van der Waals surface area contributed by atoms with Crippen molar-refractivity contribution in [2.75, 3.05) is 13.7 Å². The van der Waals surface area contributed by atoms with Crippen LogP contribution in [0.4, 0.5) is 4.39 Å². The maximum atomic E-state index is 14.4. The van der Waals surface area contributed by atoms with Crippen LogP contribution in [0.25, 0.3) is 0 Å². The van der Waals surface area contributed by atoms with E-state index in [0.29, 0.717) is 13.0 Å². The number of halogens is 1. The molecule has 2 aliphatic rings. The third kappa shape index (κ3) is 5.74. The van der Waals surface area contributed by atoms with Gasteiger partial charge in [0.1, 0.15) is 17.6 Å². The standard InChI is InChI=1S/C31H31FN2O3/c1-37-27-17-13-24(14-18-27)28-8-5-19-33(30(35)25-11-12-25)29(20-22-6-3-2-4-7-22)31(36)34(28)21-23-9-15-26(32)16-10-23/h2-10,13-18,25,28-29H,11-12,19-21H2,1H3/b8-5-. The molecule has 5 rings (SSSR count). The molecule has 2 atom stereocenters. The minimum atomic E-state index is -0.637. The van der Waals surface area contributed by atoms with Crippen LogP contribution in [-0.2, 0) is 22.6 Å². The molecule has 1 heterocycles. The summed E-state index contributed by atoms with van der Waals surface area (Å²) in [6.07, 6.45) is 6.17. The van der Waals surface area contributed by atoms with Gasteiger partial charge in [0.25, 0.3) is 0 Å². The Kier molecular flexibility index (Phi) is 7.35. The number of rotatable bonds is 7. The van der Waals surface area contributed by atoms with Gasteiger partial charge in [0.2, 0.25) is 11.8 Å². The van der Waals surface area contributed by atoms with Gasteiger partial charge in [-0.3, -0.25) is 9.59 Å². The number of amides is 2. The van der Waals surface area contributed by atoms with Crippen LogP contribution in [-0.4, -0.2) is 41.3 Å². The molecule has 0 N–H and O–H groups in total. The molecule has 1 saturated carbocycles. The highest BCUT2D eigenvalue weighted by Gasteiger charge is 2.41. The van der Waals surface area contributed by atoms with E-state index in [9.17, 15) is 14.0 Å². The van der Waals surface area contributed by atoms with Gasteiger partial charge in [-0.2, -0.15) is 0 Å². The Morgan fingerprint density at radius 3 is 2.30 bits per heavy atom. The van der Waals surface area contributed by atoms with E-state index < -0.39 is 6.04 Å². The van der Waals surface area contributed by atoms with E-state index >= 15 is 0 Å². The zero-order valence-corrected chi connectivity index (χ0v) is 20.9. The Balaban J connectivity index is 1.56. The molecule has 0 spiro atoms. The van der Waals surface area contributed by atoms with Crippen molar-refractivity contribution in [3.8, 4) is 5.75 Å². The molecule has 37 heavy (non-hydrogen) atoms. The molecule has 0 aromatic heterocycles. The van der Waals surface area contributed by atoms with Gasteiger partial charge in [0, 0.05) is 25.4 Å². The second-order valence-corrected chi connectivity index (χ2v) is 9.71. The summed E-state index contributed by atoms with van der Waals surface area (Å²) in [5.74, 6) is 0.341. The first-order valence-corrected chi connectivity index (χ1v) is 12.7. The van der Waals surface area contributed by atoms with E-state index in [4.69, 9.17) is 4.74 Å². The Morgan fingerprint density at radius 1 is 0.946 bits per heavy atom. The molecular weight excluding hydrogens is 467 g/mol. The molecule has 1 aliphatic carbocycles. The molecule has 1 fully saturated rings. The van der Waals surface area contributed by atoms with Crippen LogP contribution < -0.4 is 4.74 Å². The second-order valence-electron chi connectivity index (χ2n) is 9.71. The predicted octanol–water partition coefficient (Wildman–Crippen LogP) is 5.32. The van der Waals surface area contributed by atoms with Crippen molar-refractivity contribution >= 4 is 11.8 Å². The van der Waals surface area contributed by atoms with E-state index in [1.807, 2.05) is 71.6 Å². The summed E-state index contributed by atoms with van der Waals surface area (Å²) in [6.45, 7) is 0.673. The van der Waals surface area contributed by atoms with Gasteiger partial charge in [0.05, 0.1) is 13.2 Å². The van der Waals surface area contributed by atoms with Gasteiger partial charge >= 0.3 is 0 Å². The summed E-state index contributed by atoms with van der Waals surface area (Å²) < 4.78 is 19.0. The van der Waals surface area contributed by atoms with Crippen molar-refractivity contribution in [1.82, 2.24) is 9.80 Å². The van der Waals surface area contributed by atoms with E-state index in [1.54, 1.807) is 24.1 Å². The van der Waals surface area contributed by atoms with Gasteiger partial charge < -0.3 is 14.5 Å². The van der Waals surface area contributed by atoms with Crippen molar-refractivity contribution in [2.24, 2.45) is 5.92 Å². The molecule has 3 aromatic rings. The third-order valence-corrected chi connectivity index (χ3v) is 7.11. The molecule has 5 nitrogen and oxygen atoms in total. The van der Waals surface area contributed by atoms with Gasteiger partial charge in [-0.05, 0) is 53.8 Å². The van der Waals surface area contributed by atoms with Crippen molar-refractivity contribution in [2.45, 2.75) is 37.9 Å². The van der Waals surface area contributed by atoms with E-state index in [2.05, 4.69) is 0 Å². The van der Waals surface area contributed by atoms with Crippen LogP contribution in [0.5, 0.6) is 5.75 Å². The predicted molar refractivity (Wildman–Crippen MR) is 140 cm³/mol. The maximum absolute atomic E-state index is 14.4. The van der Waals surface area contributed by atoms with Crippen LogP contribution in [0.2, 0.25) is 0 Å². The minimum Gasteiger partial charge on any atom is -0.497 e. The van der Waals surface area contributed by atoms with Gasteiger partial charge in [-0.25, -0.2) is 4.39 Å². The zero-order chi connectivity index (χ0) is 25.8. The molecule has 190 valence electrons. The fraction of sp³-hybridized carbons (Fsp3) is 0.290. The molecule has 6 heteroatoms. The molecule has 3 aromatic carbocycles. The zero-order valence-electron chi connectivity index (χ0n) is 20.9. The summed E-state index contributed by atoms with van der Waals surface area (Å²) in [5, 5.41) is 0. The minimum absolute atomic E-state index is 0.00170. The third-order valence-electron chi connectivity index (χ3n) is 7.11. The van der Waals surface area contributed by atoms with Gasteiger partial charge in [-0.15, -0.1) is 0 Å². The highest BCUT2D eigenvalue weighted by atomic mass is 19.1. The highest BCUT2D eigenvalue weighted by Crippen LogP contribution is 2.34. The van der Waals surface area contributed by atoms with E-state index in [0.717, 1.165) is 35.3 Å². The van der Waals surface area contributed by atoms with Gasteiger partial charge in [0.15, 0.2) is 0 Å². The summed E-state index contributed by atoms with van der Waals surface area (Å²) >= 11 is 0. The lowest BCUT2D eigenvalue weighted by atomic mass is 9.97. The first-order chi connectivity index (χ1) is 18.0. The Morgan fingerprint density at radius 2 is 1.65 bits per heavy atom. The lowest BCUT2D eigenvalue weighted by molar-refractivity contribution is -0.148. The Labute approximate surface area is 217 Å². The number of benzene rings is 3. The molecule has 1 aliphatic heterocycles.